The smallest absolute Gasteiger partial charge is 0.270 e. The summed E-state index contributed by atoms with van der Waals surface area (Å²) in [6.07, 6.45) is 4.98. The summed E-state index contributed by atoms with van der Waals surface area (Å²) in [5, 5.41) is 18.4. The van der Waals surface area contributed by atoms with Gasteiger partial charge in [0, 0.05) is 17.8 Å². The van der Waals surface area contributed by atoms with E-state index < -0.39 is 0 Å². The third kappa shape index (κ3) is 3.61. The van der Waals surface area contributed by atoms with Crippen LogP contribution >= 0.6 is 12.2 Å². The predicted molar refractivity (Wildman–Crippen MR) is 110 cm³/mol. The highest BCUT2D eigenvalue weighted by molar-refractivity contribution is 7.80. The molecule has 1 unspecified atom stereocenters. The van der Waals surface area contributed by atoms with E-state index in [0.717, 1.165) is 36.1 Å². The van der Waals surface area contributed by atoms with Crippen LogP contribution in [0, 0.1) is 10.1 Å². The number of nitrogens with one attached hydrogen (secondary N) is 2. The number of non-ortho nitro benzene ring substituents is 1. The van der Waals surface area contributed by atoms with Gasteiger partial charge in [-0.05, 0) is 59.8 Å². The highest BCUT2D eigenvalue weighted by Crippen LogP contribution is 2.38. The lowest BCUT2D eigenvalue weighted by Gasteiger charge is -2.36. The molecule has 1 aliphatic carbocycles. The summed E-state index contributed by atoms with van der Waals surface area (Å²) < 4.78 is 0. The standard InChI is InChI=1S/C21H19N3O2S/c25-24(26)17-10-4-6-14(13-17)12-16-9-5-11-18-19(15-7-2-1-3-8-15)22-21(27)23-20(16)18/h1-4,6-8,10,12-13,19H,5,9,11H2,(H2,22,23,27). The molecule has 136 valence electrons. The third-order valence-electron chi connectivity index (χ3n) is 4.95. The Morgan fingerprint density at radius 1 is 1.11 bits per heavy atom. The topological polar surface area (TPSA) is 67.2 Å². The first-order valence-electron chi connectivity index (χ1n) is 8.93. The second kappa shape index (κ2) is 7.32. The fourth-order valence-corrected chi connectivity index (χ4v) is 3.97. The van der Waals surface area contributed by atoms with E-state index in [0.29, 0.717) is 5.11 Å². The highest BCUT2D eigenvalue weighted by atomic mass is 32.1. The molecule has 1 atom stereocenters. The molecule has 0 spiro atoms. The molecule has 6 heteroatoms. The molecule has 27 heavy (non-hydrogen) atoms. The molecule has 0 bridgehead atoms. The van der Waals surface area contributed by atoms with Gasteiger partial charge in [0.1, 0.15) is 0 Å². The number of rotatable bonds is 3. The Morgan fingerprint density at radius 2 is 1.93 bits per heavy atom. The molecule has 4 rings (SSSR count). The third-order valence-corrected chi connectivity index (χ3v) is 5.17. The van der Waals surface area contributed by atoms with Crippen molar-refractivity contribution in [1.29, 1.82) is 0 Å². The van der Waals surface area contributed by atoms with Crippen molar-refractivity contribution in [3.63, 3.8) is 0 Å². The van der Waals surface area contributed by atoms with Crippen LogP contribution in [0.15, 0.2) is 71.4 Å². The summed E-state index contributed by atoms with van der Waals surface area (Å²) in [4.78, 5) is 10.7. The lowest BCUT2D eigenvalue weighted by molar-refractivity contribution is -0.384. The summed E-state index contributed by atoms with van der Waals surface area (Å²) in [5.74, 6) is 0. The van der Waals surface area contributed by atoms with Crippen LogP contribution in [-0.4, -0.2) is 10.0 Å². The Balaban J connectivity index is 1.76. The number of hydrogen-bond acceptors (Lipinski definition) is 3. The maximum atomic E-state index is 11.1. The van der Waals surface area contributed by atoms with Gasteiger partial charge in [0.05, 0.1) is 11.0 Å². The van der Waals surface area contributed by atoms with Crippen LogP contribution in [0.2, 0.25) is 0 Å². The number of nitro benzene ring substituents is 1. The largest absolute Gasteiger partial charge is 0.352 e. The van der Waals surface area contributed by atoms with E-state index in [1.54, 1.807) is 12.1 Å². The van der Waals surface area contributed by atoms with Gasteiger partial charge in [-0.3, -0.25) is 10.1 Å². The van der Waals surface area contributed by atoms with Crippen LogP contribution in [0.1, 0.15) is 36.4 Å². The second-order valence-corrected chi connectivity index (χ2v) is 7.13. The number of thiocarbonyl (C=S) groups is 1. The van der Waals surface area contributed by atoms with Gasteiger partial charge >= 0.3 is 0 Å². The van der Waals surface area contributed by atoms with Gasteiger partial charge < -0.3 is 10.6 Å². The predicted octanol–water partition coefficient (Wildman–Crippen LogP) is 4.64. The van der Waals surface area contributed by atoms with Crippen molar-refractivity contribution in [1.82, 2.24) is 10.6 Å². The van der Waals surface area contributed by atoms with Crippen LogP contribution in [0.5, 0.6) is 0 Å². The number of hydrogen-bond donors (Lipinski definition) is 2. The molecule has 2 N–H and O–H groups in total. The van der Waals surface area contributed by atoms with Gasteiger partial charge in [0.2, 0.25) is 0 Å². The van der Waals surface area contributed by atoms with Crippen LogP contribution in [0.25, 0.3) is 6.08 Å². The molecule has 2 aliphatic rings. The quantitative estimate of drug-likeness (QED) is 0.464. The molecule has 2 aromatic rings. The van der Waals surface area contributed by atoms with E-state index in [1.807, 2.05) is 30.3 Å². The lowest BCUT2D eigenvalue weighted by atomic mass is 9.83. The fraction of sp³-hybridized carbons (Fsp3) is 0.190. The van der Waals surface area contributed by atoms with Crippen molar-refractivity contribution in [3.05, 3.63) is 92.7 Å². The zero-order chi connectivity index (χ0) is 18.8. The van der Waals surface area contributed by atoms with Crippen LogP contribution in [0.4, 0.5) is 5.69 Å². The van der Waals surface area contributed by atoms with Gasteiger partial charge in [-0.2, -0.15) is 0 Å². The average Bonchev–Trinajstić information content (AvgIpc) is 2.69. The molecule has 1 aliphatic heterocycles. The summed E-state index contributed by atoms with van der Waals surface area (Å²) >= 11 is 5.45. The SMILES string of the molecule is O=[N+]([O-])c1cccc(C=C2CCCC3=C2NC(=S)NC3c2ccccc2)c1. The summed E-state index contributed by atoms with van der Waals surface area (Å²) in [7, 11) is 0. The van der Waals surface area contributed by atoms with E-state index in [4.69, 9.17) is 12.2 Å². The zero-order valence-corrected chi connectivity index (χ0v) is 15.5. The van der Waals surface area contributed by atoms with Crippen molar-refractivity contribution < 1.29 is 4.92 Å². The van der Waals surface area contributed by atoms with E-state index in [2.05, 4.69) is 22.8 Å². The molecule has 2 aromatic carbocycles. The van der Waals surface area contributed by atoms with Crippen molar-refractivity contribution in [2.24, 2.45) is 0 Å². The van der Waals surface area contributed by atoms with Gasteiger partial charge in [-0.25, -0.2) is 0 Å². The Kier molecular flexibility index (Phi) is 4.73. The minimum Gasteiger partial charge on any atom is -0.352 e. The zero-order valence-electron chi connectivity index (χ0n) is 14.6. The Labute approximate surface area is 162 Å². The van der Waals surface area contributed by atoms with Gasteiger partial charge in [0.15, 0.2) is 5.11 Å². The van der Waals surface area contributed by atoms with Crippen molar-refractivity contribution in [2.75, 3.05) is 0 Å². The summed E-state index contributed by atoms with van der Waals surface area (Å²) in [6.45, 7) is 0. The highest BCUT2D eigenvalue weighted by Gasteiger charge is 2.30. The molecule has 0 amide bonds. The molecule has 0 saturated carbocycles. The van der Waals surface area contributed by atoms with Crippen molar-refractivity contribution in [3.8, 4) is 0 Å². The van der Waals surface area contributed by atoms with Crippen LogP contribution in [0.3, 0.4) is 0 Å². The number of nitrogens with zero attached hydrogens (tertiary/aromatic N) is 1. The average molecular weight is 377 g/mol. The van der Waals surface area contributed by atoms with E-state index in [-0.39, 0.29) is 16.7 Å². The molecule has 0 radical (unpaired) electrons. The molecule has 5 nitrogen and oxygen atoms in total. The van der Waals surface area contributed by atoms with E-state index in [1.165, 1.54) is 17.2 Å². The number of nitro groups is 1. The van der Waals surface area contributed by atoms with E-state index >= 15 is 0 Å². The first kappa shape index (κ1) is 17.4. The lowest BCUT2D eigenvalue weighted by Crippen LogP contribution is -2.45. The van der Waals surface area contributed by atoms with Gasteiger partial charge in [-0.1, -0.05) is 42.5 Å². The Hall–Kier alpha value is -2.99. The van der Waals surface area contributed by atoms with E-state index in [9.17, 15) is 10.1 Å². The molecule has 1 heterocycles. The van der Waals surface area contributed by atoms with Crippen molar-refractivity contribution in [2.45, 2.75) is 25.3 Å². The summed E-state index contributed by atoms with van der Waals surface area (Å²) in [6, 6.07) is 17.1. The Bertz CT molecular complexity index is 966. The molecule has 0 aromatic heterocycles. The molecular formula is C21H19N3O2S. The number of allylic oxidation sites excluding steroid dienone is 1. The molecule has 0 fully saturated rings. The van der Waals surface area contributed by atoms with Gasteiger partial charge in [0.25, 0.3) is 5.69 Å². The van der Waals surface area contributed by atoms with Gasteiger partial charge in [-0.15, -0.1) is 0 Å². The fourth-order valence-electron chi connectivity index (χ4n) is 3.75. The first-order valence-corrected chi connectivity index (χ1v) is 9.33. The van der Waals surface area contributed by atoms with Crippen molar-refractivity contribution >= 4 is 29.1 Å². The molecule has 0 saturated heterocycles. The maximum Gasteiger partial charge on any atom is 0.270 e. The second-order valence-electron chi connectivity index (χ2n) is 6.72. The number of benzene rings is 2. The normalized spacial score (nSPS) is 20.7. The minimum absolute atomic E-state index is 0.0590. The monoisotopic (exact) mass is 377 g/mol. The Morgan fingerprint density at radius 3 is 2.70 bits per heavy atom. The summed E-state index contributed by atoms with van der Waals surface area (Å²) in [5.41, 5.74) is 5.61. The maximum absolute atomic E-state index is 11.1. The van der Waals surface area contributed by atoms with Crippen LogP contribution < -0.4 is 10.6 Å². The molecular weight excluding hydrogens is 358 g/mol. The van der Waals surface area contributed by atoms with Crippen LogP contribution in [-0.2, 0) is 0 Å². The minimum atomic E-state index is -0.364. The first-order chi connectivity index (χ1) is 13.1.